The summed E-state index contributed by atoms with van der Waals surface area (Å²) in [6.45, 7) is 1.04. The van der Waals surface area contributed by atoms with Crippen molar-refractivity contribution in [3.05, 3.63) is 70.4 Å². The van der Waals surface area contributed by atoms with Gasteiger partial charge in [-0.3, -0.25) is 19.0 Å². The van der Waals surface area contributed by atoms with Gasteiger partial charge in [-0.1, -0.05) is 6.07 Å². The number of hydrogen-bond acceptors (Lipinski definition) is 3. The molecule has 132 valence electrons. The number of rotatable bonds is 7. The van der Waals surface area contributed by atoms with E-state index in [9.17, 15) is 18.8 Å². The van der Waals surface area contributed by atoms with Gasteiger partial charge in [-0.05, 0) is 30.3 Å². The molecule has 7 heteroatoms. The van der Waals surface area contributed by atoms with Crippen LogP contribution >= 0.6 is 0 Å². The number of likely N-dealkylation sites (N-methyl/N-ethyl adjacent to an activating group) is 1. The van der Waals surface area contributed by atoms with E-state index < -0.39 is 29.1 Å². The second kappa shape index (κ2) is 8.34. The van der Waals surface area contributed by atoms with E-state index in [1.54, 1.807) is 6.07 Å². The third kappa shape index (κ3) is 4.84. The summed E-state index contributed by atoms with van der Waals surface area (Å²) in [7, 11) is 3.88. The normalized spacial score (nSPS) is 12.0. The van der Waals surface area contributed by atoms with Gasteiger partial charge in [0.1, 0.15) is 5.82 Å². The first-order valence-electron chi connectivity index (χ1n) is 7.94. The second-order valence-electron chi connectivity index (χ2n) is 5.97. The van der Waals surface area contributed by atoms with Crippen molar-refractivity contribution in [2.45, 2.75) is 6.04 Å². The maximum absolute atomic E-state index is 13.1. The van der Waals surface area contributed by atoms with Gasteiger partial charge in [-0.2, -0.15) is 0 Å². The number of Topliss-reactive ketones (excluding diaryl/α,β-unsaturated/α-hetero) is 1. The lowest BCUT2D eigenvalue weighted by atomic mass is 10.0. The first kappa shape index (κ1) is 18.5. The molecular weight excluding hydrogens is 325 g/mol. The summed E-state index contributed by atoms with van der Waals surface area (Å²) in [5.41, 5.74) is -0.299. The Morgan fingerprint density at radius 1 is 1.16 bits per heavy atom. The summed E-state index contributed by atoms with van der Waals surface area (Å²) in [4.78, 5) is 38.6. The molecule has 0 fully saturated rings. The Morgan fingerprint density at radius 2 is 1.84 bits per heavy atom. The van der Waals surface area contributed by atoms with Crippen LogP contribution in [0, 0.1) is 5.82 Å². The zero-order valence-electron chi connectivity index (χ0n) is 14.2. The predicted octanol–water partition coefficient (Wildman–Crippen LogP) is -0.328. The number of carbonyl (C=O) groups is 2. The number of halogens is 1. The monoisotopic (exact) mass is 346 g/mol. The molecule has 1 amide bonds. The van der Waals surface area contributed by atoms with Crippen molar-refractivity contribution < 1.29 is 18.9 Å². The highest BCUT2D eigenvalue weighted by Gasteiger charge is 2.30. The molecule has 6 nitrogen and oxygen atoms in total. The maximum atomic E-state index is 13.1. The summed E-state index contributed by atoms with van der Waals surface area (Å²) in [6.07, 6.45) is 1.39. The molecule has 0 saturated carbocycles. The minimum absolute atomic E-state index is 0.163. The Balaban J connectivity index is 2.33. The molecule has 0 aliphatic heterocycles. The first-order chi connectivity index (χ1) is 11.9. The summed E-state index contributed by atoms with van der Waals surface area (Å²) in [6, 6.07) is 7.94. The Bertz CT molecular complexity index is 800. The van der Waals surface area contributed by atoms with E-state index in [-0.39, 0.29) is 5.56 Å². The summed E-state index contributed by atoms with van der Waals surface area (Å²) in [5.74, 6) is -1.62. The summed E-state index contributed by atoms with van der Waals surface area (Å²) < 4.78 is 14.2. The van der Waals surface area contributed by atoms with Gasteiger partial charge in [0.05, 0.1) is 27.2 Å². The van der Waals surface area contributed by atoms with Gasteiger partial charge >= 0.3 is 0 Å². The number of carbonyl (C=O) groups excluding carboxylic acids is 2. The number of quaternary nitrogens is 1. The zero-order valence-corrected chi connectivity index (χ0v) is 14.2. The van der Waals surface area contributed by atoms with Crippen LogP contribution in [0.25, 0.3) is 0 Å². The highest BCUT2D eigenvalue weighted by Crippen LogP contribution is 2.14. The number of nitrogens with zero attached hydrogens (tertiary/aromatic N) is 1. The van der Waals surface area contributed by atoms with Crippen molar-refractivity contribution in [1.82, 2.24) is 9.88 Å². The number of aromatic nitrogens is 1. The van der Waals surface area contributed by atoms with Crippen LogP contribution in [0.5, 0.6) is 0 Å². The fraction of sp³-hybridized carbons (Fsp3) is 0.278. The molecular formula is C18H21FN3O3+. The Morgan fingerprint density at radius 3 is 2.44 bits per heavy atom. The molecule has 0 spiro atoms. The van der Waals surface area contributed by atoms with Crippen LogP contribution in [0.2, 0.25) is 0 Å². The molecule has 1 heterocycles. The number of pyridine rings is 1. The molecule has 1 aromatic heterocycles. The van der Waals surface area contributed by atoms with Gasteiger partial charge in [0, 0.05) is 17.8 Å². The van der Waals surface area contributed by atoms with Crippen molar-refractivity contribution in [2.75, 3.05) is 27.2 Å². The Kier molecular flexibility index (Phi) is 6.19. The van der Waals surface area contributed by atoms with Gasteiger partial charge < -0.3 is 10.2 Å². The Labute approximate surface area is 144 Å². The molecule has 1 atom stereocenters. The molecule has 2 N–H and O–H groups in total. The molecule has 1 aromatic carbocycles. The average molecular weight is 346 g/mol. The van der Waals surface area contributed by atoms with Crippen LogP contribution in [0.3, 0.4) is 0 Å². The SMILES string of the molecule is C[NH+](C)CCNC(=O)[C@@H](C(=O)c1ccc(F)cc1)n1ccccc1=O. The van der Waals surface area contributed by atoms with E-state index in [0.29, 0.717) is 13.1 Å². The molecule has 0 bridgehead atoms. The third-order valence-electron chi connectivity index (χ3n) is 3.68. The van der Waals surface area contributed by atoms with Gasteiger partial charge in [-0.25, -0.2) is 4.39 Å². The number of ketones is 1. The number of amides is 1. The van der Waals surface area contributed by atoms with Gasteiger partial charge in [0.15, 0.2) is 11.8 Å². The van der Waals surface area contributed by atoms with E-state index in [2.05, 4.69) is 5.32 Å². The number of hydrogen-bond donors (Lipinski definition) is 2. The van der Waals surface area contributed by atoms with E-state index in [1.165, 1.54) is 30.5 Å². The topological polar surface area (TPSA) is 72.6 Å². The van der Waals surface area contributed by atoms with Crippen LogP contribution in [-0.2, 0) is 4.79 Å². The molecule has 0 saturated heterocycles. The maximum Gasteiger partial charge on any atom is 0.251 e. The lowest BCUT2D eigenvalue weighted by Gasteiger charge is -2.18. The molecule has 0 aliphatic rings. The first-order valence-corrected chi connectivity index (χ1v) is 7.94. The van der Waals surface area contributed by atoms with Gasteiger partial charge in [0.2, 0.25) is 0 Å². The van der Waals surface area contributed by atoms with Gasteiger partial charge in [-0.15, -0.1) is 0 Å². The van der Waals surface area contributed by atoms with Crippen LogP contribution < -0.4 is 15.8 Å². The molecule has 2 aromatic rings. The lowest BCUT2D eigenvalue weighted by molar-refractivity contribution is -0.856. The van der Waals surface area contributed by atoms with Crippen LogP contribution in [0.4, 0.5) is 4.39 Å². The van der Waals surface area contributed by atoms with Crippen LogP contribution in [0.1, 0.15) is 16.4 Å². The fourth-order valence-electron chi connectivity index (χ4n) is 2.33. The van der Waals surface area contributed by atoms with E-state index in [4.69, 9.17) is 0 Å². The average Bonchev–Trinajstić information content (AvgIpc) is 2.57. The summed E-state index contributed by atoms with van der Waals surface area (Å²) >= 11 is 0. The molecule has 0 aliphatic carbocycles. The Hall–Kier alpha value is -2.80. The van der Waals surface area contributed by atoms with Crippen molar-refractivity contribution in [3.63, 3.8) is 0 Å². The summed E-state index contributed by atoms with van der Waals surface area (Å²) in [5, 5.41) is 2.69. The third-order valence-corrected chi connectivity index (χ3v) is 3.68. The molecule has 2 rings (SSSR count). The highest BCUT2D eigenvalue weighted by atomic mass is 19.1. The van der Waals surface area contributed by atoms with E-state index >= 15 is 0 Å². The number of nitrogens with one attached hydrogen (secondary N) is 2. The zero-order chi connectivity index (χ0) is 18.4. The second-order valence-corrected chi connectivity index (χ2v) is 5.97. The minimum atomic E-state index is -1.34. The van der Waals surface area contributed by atoms with Crippen molar-refractivity contribution in [3.8, 4) is 0 Å². The molecule has 0 radical (unpaired) electrons. The van der Waals surface area contributed by atoms with Crippen molar-refractivity contribution >= 4 is 11.7 Å². The lowest BCUT2D eigenvalue weighted by Crippen LogP contribution is -3.06. The van der Waals surface area contributed by atoms with Crippen LogP contribution in [0.15, 0.2) is 53.5 Å². The smallest absolute Gasteiger partial charge is 0.251 e. The van der Waals surface area contributed by atoms with Gasteiger partial charge in [0.25, 0.3) is 11.5 Å². The van der Waals surface area contributed by atoms with Crippen molar-refractivity contribution in [1.29, 1.82) is 0 Å². The largest absolute Gasteiger partial charge is 0.348 e. The highest BCUT2D eigenvalue weighted by molar-refractivity contribution is 6.11. The standard InChI is InChI=1S/C18H20FN3O3/c1-21(2)12-10-20-18(25)16(22-11-4-3-5-15(22)23)17(24)13-6-8-14(19)9-7-13/h3-9,11,16H,10,12H2,1-2H3,(H,20,25)/p+1/t16-/m1/s1. The minimum Gasteiger partial charge on any atom is -0.348 e. The van der Waals surface area contributed by atoms with Crippen LogP contribution in [-0.4, -0.2) is 43.4 Å². The van der Waals surface area contributed by atoms with E-state index in [0.717, 1.165) is 21.6 Å². The predicted molar refractivity (Wildman–Crippen MR) is 91.2 cm³/mol. The molecule has 0 unspecified atom stereocenters. The van der Waals surface area contributed by atoms with Crippen molar-refractivity contribution in [2.24, 2.45) is 0 Å². The fourth-order valence-corrected chi connectivity index (χ4v) is 2.33. The number of benzene rings is 1. The quantitative estimate of drug-likeness (QED) is 0.533. The molecule has 25 heavy (non-hydrogen) atoms. The van der Waals surface area contributed by atoms with E-state index in [1.807, 2.05) is 14.1 Å².